The Kier molecular flexibility index (Phi) is 10.7. The van der Waals surface area contributed by atoms with Gasteiger partial charge >= 0.3 is 5.97 Å². The number of ether oxygens (including phenoxy) is 3. The highest BCUT2D eigenvalue weighted by atomic mass is 32.1. The molecule has 6 bridgehead atoms. The summed E-state index contributed by atoms with van der Waals surface area (Å²) in [6.45, 7) is 12.2. The van der Waals surface area contributed by atoms with E-state index in [1.165, 1.54) is 16.3 Å². The van der Waals surface area contributed by atoms with E-state index < -0.39 is 29.6 Å². The van der Waals surface area contributed by atoms with Crippen LogP contribution in [0.3, 0.4) is 0 Å². The normalized spacial score (nSPS) is 24.2. The van der Waals surface area contributed by atoms with Crippen LogP contribution in [0.5, 0.6) is 0 Å². The summed E-state index contributed by atoms with van der Waals surface area (Å²) in [6, 6.07) is 8.91. The van der Waals surface area contributed by atoms with E-state index in [2.05, 4.69) is 60.3 Å². The van der Waals surface area contributed by atoms with E-state index in [1.807, 2.05) is 25.3 Å². The van der Waals surface area contributed by atoms with Crippen LogP contribution in [-0.2, 0) is 48.0 Å². The van der Waals surface area contributed by atoms with E-state index in [0.717, 1.165) is 62.6 Å². The van der Waals surface area contributed by atoms with E-state index in [-0.39, 0.29) is 36.9 Å². The van der Waals surface area contributed by atoms with Crippen molar-refractivity contribution in [2.24, 2.45) is 11.3 Å². The zero-order valence-electron chi connectivity index (χ0n) is 31.4. The number of methoxy groups -OCH3 is 1. The van der Waals surface area contributed by atoms with Gasteiger partial charge in [-0.15, -0.1) is 11.3 Å². The molecule has 13 heteroatoms. The van der Waals surface area contributed by atoms with Gasteiger partial charge in [0.05, 0.1) is 34.8 Å². The number of hydrogen-bond acceptors (Lipinski definition) is 10. The smallest absolute Gasteiger partial charge is 0.324 e. The number of pyridine rings is 1. The lowest BCUT2D eigenvalue weighted by molar-refractivity contribution is -0.155. The fourth-order valence-electron chi connectivity index (χ4n) is 7.85. The first kappa shape index (κ1) is 37.2. The molecule has 6 heterocycles. The number of aryl methyl sites for hydroxylation is 1. The number of thiazole rings is 1. The molecule has 0 aliphatic carbocycles. The molecule has 0 radical (unpaired) electrons. The summed E-state index contributed by atoms with van der Waals surface area (Å²) in [7, 11) is 1.70. The Balaban J connectivity index is 1.34. The van der Waals surface area contributed by atoms with Crippen molar-refractivity contribution in [1.29, 1.82) is 0 Å². The average molecular weight is 743 g/mol. The van der Waals surface area contributed by atoms with Gasteiger partial charge in [0.25, 0.3) is 5.91 Å². The molecule has 2 fully saturated rings. The summed E-state index contributed by atoms with van der Waals surface area (Å²) < 4.78 is 19.9. The van der Waals surface area contributed by atoms with Crippen LogP contribution >= 0.6 is 11.3 Å². The van der Waals surface area contributed by atoms with Crippen LogP contribution in [0.4, 0.5) is 0 Å². The molecular weight excluding hydrogens is 693 g/mol. The van der Waals surface area contributed by atoms with E-state index in [4.69, 9.17) is 24.2 Å². The third-order valence-corrected chi connectivity index (χ3v) is 11.7. The van der Waals surface area contributed by atoms with Gasteiger partial charge in [-0.05, 0) is 75.3 Å². The van der Waals surface area contributed by atoms with Crippen LogP contribution in [-0.4, -0.2) is 82.4 Å². The predicted octanol–water partition coefficient (Wildman–Crippen LogP) is 5.63. The number of carbonyl (C=O) groups excluding carboxylic acids is 3. The van der Waals surface area contributed by atoms with Crippen molar-refractivity contribution in [3.05, 3.63) is 58.2 Å². The Labute approximate surface area is 314 Å². The van der Waals surface area contributed by atoms with Crippen molar-refractivity contribution in [3.63, 3.8) is 0 Å². The first-order chi connectivity index (χ1) is 25.5. The Morgan fingerprint density at radius 2 is 2.06 bits per heavy atom. The second-order valence-electron chi connectivity index (χ2n) is 15.3. The van der Waals surface area contributed by atoms with Gasteiger partial charge in [-0.25, -0.2) is 10.4 Å². The summed E-state index contributed by atoms with van der Waals surface area (Å²) >= 11 is 1.46. The quantitative estimate of drug-likeness (QED) is 0.241. The second-order valence-corrected chi connectivity index (χ2v) is 16.3. The summed E-state index contributed by atoms with van der Waals surface area (Å²) in [4.78, 5) is 51.0. The third kappa shape index (κ3) is 7.49. The Morgan fingerprint density at radius 3 is 2.81 bits per heavy atom. The van der Waals surface area contributed by atoms with Crippen molar-refractivity contribution in [1.82, 2.24) is 30.3 Å². The van der Waals surface area contributed by atoms with Gasteiger partial charge in [-0.3, -0.25) is 24.4 Å². The summed E-state index contributed by atoms with van der Waals surface area (Å²) in [5.74, 6) is -0.995. The second kappa shape index (κ2) is 15.3. The molecule has 2 N–H and O–H groups in total. The van der Waals surface area contributed by atoms with E-state index in [0.29, 0.717) is 32.4 Å². The Hall–Kier alpha value is -4.17. The van der Waals surface area contributed by atoms with Gasteiger partial charge < -0.3 is 24.1 Å². The number of amides is 2. The highest BCUT2D eigenvalue weighted by Gasteiger charge is 2.38. The maximum atomic E-state index is 14.1. The summed E-state index contributed by atoms with van der Waals surface area (Å²) in [6.07, 6.45) is 3.70. The fourth-order valence-corrected chi connectivity index (χ4v) is 8.70. The standard InChI is InChI=1S/C40H50N6O6S/c1-7-45-32-13-12-25-18-27(32)28(35(45)26-10-8-15-41-34(26)24(3)50-6)20-40(4,5)22-52-39(49)29-11-9-16-46(44-29)38(48)30(19-33-42-31(25)21-53-33)43-37(47)36-23(2)14-17-51-36/h8,10,12-13,15,18,21,23-24,29-30,36,44H,7,9,11,14,16-17,19-20,22H2,1-6H3,(H,43,47)/t23-,24-,29-,30-,36+/m0/s1. The van der Waals surface area contributed by atoms with E-state index >= 15 is 0 Å². The number of carbonyl (C=O) groups is 3. The molecule has 3 aliphatic heterocycles. The monoisotopic (exact) mass is 742 g/mol. The molecule has 0 saturated carbocycles. The van der Waals surface area contributed by atoms with Gasteiger partial charge in [-0.1, -0.05) is 26.8 Å². The molecule has 3 aliphatic rings. The van der Waals surface area contributed by atoms with E-state index in [1.54, 1.807) is 13.3 Å². The Bertz CT molecular complexity index is 2010. The summed E-state index contributed by atoms with van der Waals surface area (Å²) in [5.41, 5.74) is 9.58. The van der Waals surface area contributed by atoms with Crippen molar-refractivity contribution in [2.75, 3.05) is 26.9 Å². The molecule has 3 aromatic heterocycles. The fraction of sp³-hybridized carbons (Fsp3) is 0.525. The highest BCUT2D eigenvalue weighted by molar-refractivity contribution is 7.10. The SMILES string of the molecule is CCn1c(-c2cccnc2[C@H](C)OC)c2c3cc(ccc31)-c1csc(n1)C[C@H](NC(=O)[C@@H]1OCC[C@@H]1C)C(=O)N1CCC[C@H](N1)C(=O)OCC(C)(C)C2. The third-order valence-electron chi connectivity index (χ3n) is 10.8. The van der Waals surface area contributed by atoms with Crippen LogP contribution < -0.4 is 10.7 Å². The van der Waals surface area contributed by atoms with Gasteiger partial charge in [0.1, 0.15) is 18.2 Å². The summed E-state index contributed by atoms with van der Waals surface area (Å²) in [5, 5.41) is 8.28. The minimum atomic E-state index is -0.906. The van der Waals surface area contributed by atoms with Gasteiger partial charge in [-0.2, -0.15) is 0 Å². The molecule has 2 amide bonds. The minimum Gasteiger partial charge on any atom is -0.464 e. The van der Waals surface area contributed by atoms with E-state index in [9.17, 15) is 14.4 Å². The first-order valence-electron chi connectivity index (χ1n) is 18.7. The van der Waals surface area contributed by atoms with Crippen LogP contribution in [0.1, 0.15) is 76.3 Å². The van der Waals surface area contributed by atoms with Crippen molar-refractivity contribution >= 4 is 40.0 Å². The van der Waals surface area contributed by atoms with Crippen LogP contribution in [0, 0.1) is 11.3 Å². The molecule has 282 valence electrons. The zero-order chi connectivity index (χ0) is 37.4. The van der Waals surface area contributed by atoms with Gasteiger partial charge in [0.15, 0.2) is 0 Å². The number of hydrazine groups is 1. The molecule has 7 rings (SSSR count). The molecule has 2 saturated heterocycles. The number of esters is 1. The lowest BCUT2D eigenvalue weighted by atomic mass is 9.84. The zero-order valence-corrected chi connectivity index (χ0v) is 32.3. The molecule has 0 unspecified atom stereocenters. The highest BCUT2D eigenvalue weighted by Crippen LogP contribution is 2.42. The number of hydrogen-bond donors (Lipinski definition) is 2. The molecule has 1 aromatic carbocycles. The average Bonchev–Trinajstić information content (AvgIpc) is 3.89. The predicted molar refractivity (Wildman–Crippen MR) is 203 cm³/mol. The van der Waals surface area contributed by atoms with Crippen molar-refractivity contribution in [2.45, 2.75) is 97.6 Å². The van der Waals surface area contributed by atoms with Crippen molar-refractivity contribution < 1.29 is 28.6 Å². The largest absolute Gasteiger partial charge is 0.464 e. The van der Waals surface area contributed by atoms with Gasteiger partial charge in [0.2, 0.25) is 5.91 Å². The molecule has 0 spiro atoms. The van der Waals surface area contributed by atoms with Crippen molar-refractivity contribution in [3.8, 4) is 22.5 Å². The maximum Gasteiger partial charge on any atom is 0.324 e. The van der Waals surface area contributed by atoms with Crippen LogP contribution in [0.25, 0.3) is 33.4 Å². The number of cyclic esters (lactones) is 1. The van der Waals surface area contributed by atoms with Crippen LogP contribution in [0.2, 0.25) is 0 Å². The molecule has 53 heavy (non-hydrogen) atoms. The number of rotatable bonds is 6. The molecule has 4 aromatic rings. The van der Waals surface area contributed by atoms with Gasteiger partial charge in [0, 0.05) is 72.2 Å². The number of aromatic nitrogens is 3. The number of benzene rings is 1. The maximum absolute atomic E-state index is 14.1. The number of nitrogens with zero attached hydrogens (tertiary/aromatic N) is 4. The molecular formula is C40H50N6O6S. The Morgan fingerprint density at radius 1 is 1.23 bits per heavy atom. The topological polar surface area (TPSA) is 137 Å². The molecule has 5 atom stereocenters. The first-order valence-corrected chi connectivity index (χ1v) is 19.6. The minimum absolute atomic E-state index is 0.0447. The number of nitrogens with one attached hydrogen (secondary N) is 2. The lowest BCUT2D eigenvalue weighted by Gasteiger charge is -2.35. The lowest BCUT2D eigenvalue weighted by Crippen LogP contribution is -2.61. The molecule has 12 nitrogen and oxygen atoms in total. The number of fused-ring (bicyclic) bond motifs is 6. The van der Waals surface area contributed by atoms with Crippen LogP contribution in [0.15, 0.2) is 41.9 Å².